The summed E-state index contributed by atoms with van der Waals surface area (Å²) in [5.41, 5.74) is -0.375. The Hall–Kier alpha value is -2.32. The lowest BCUT2D eigenvalue weighted by Crippen LogP contribution is -2.58. The first kappa shape index (κ1) is 25.0. The van der Waals surface area contributed by atoms with E-state index in [1.807, 2.05) is 47.6 Å². The maximum Gasteiger partial charge on any atom is 0.246 e. The average molecular weight is 524 g/mol. The Labute approximate surface area is 223 Å². The summed E-state index contributed by atoms with van der Waals surface area (Å²) in [7, 11) is 0. The molecule has 0 radical (unpaired) electrons. The molecule has 3 aliphatic heterocycles. The van der Waals surface area contributed by atoms with Crippen molar-refractivity contribution >= 4 is 35.2 Å². The number of likely N-dealkylation sites (tertiary alicyclic amines) is 1. The zero-order valence-corrected chi connectivity index (χ0v) is 22.3. The number of anilines is 1. The van der Waals surface area contributed by atoms with E-state index in [0.29, 0.717) is 5.69 Å². The molecular formula is C29H37N3O4S. The van der Waals surface area contributed by atoms with Gasteiger partial charge in [-0.05, 0) is 50.1 Å². The van der Waals surface area contributed by atoms with Crippen LogP contribution in [0.25, 0.3) is 0 Å². The first-order valence-corrected chi connectivity index (χ1v) is 15.2. The third kappa shape index (κ3) is 4.30. The van der Waals surface area contributed by atoms with Crippen LogP contribution in [-0.2, 0) is 19.1 Å². The van der Waals surface area contributed by atoms with Crippen molar-refractivity contribution in [3.63, 3.8) is 0 Å². The minimum absolute atomic E-state index is 0.0151. The normalized spacial score (nSPS) is 33.5. The summed E-state index contributed by atoms with van der Waals surface area (Å²) < 4.78 is 6.52. The van der Waals surface area contributed by atoms with Gasteiger partial charge in [0.25, 0.3) is 0 Å². The molecule has 1 aromatic rings. The van der Waals surface area contributed by atoms with Gasteiger partial charge in [-0.25, -0.2) is 0 Å². The van der Waals surface area contributed by atoms with Crippen LogP contribution >= 0.6 is 11.8 Å². The number of carbonyl (C=O) groups is 3. The molecule has 2 N–H and O–H groups in total. The van der Waals surface area contributed by atoms with E-state index in [2.05, 4.69) is 10.6 Å². The van der Waals surface area contributed by atoms with E-state index in [9.17, 15) is 14.4 Å². The molecule has 5 atom stereocenters. The molecule has 2 saturated carbocycles. The van der Waals surface area contributed by atoms with E-state index >= 15 is 0 Å². The van der Waals surface area contributed by atoms with Gasteiger partial charge in [0.2, 0.25) is 17.7 Å². The van der Waals surface area contributed by atoms with Gasteiger partial charge in [0.1, 0.15) is 11.6 Å². The van der Waals surface area contributed by atoms with E-state index in [-0.39, 0.29) is 29.8 Å². The van der Waals surface area contributed by atoms with E-state index in [1.165, 1.54) is 6.42 Å². The largest absolute Gasteiger partial charge is 0.359 e. The number of hydrogen-bond donors (Lipinski definition) is 2. The Balaban J connectivity index is 1.31. The van der Waals surface area contributed by atoms with Crippen LogP contribution in [-0.4, -0.2) is 58.7 Å². The molecule has 198 valence electrons. The Kier molecular flexibility index (Phi) is 6.82. The Morgan fingerprint density at radius 1 is 1.03 bits per heavy atom. The van der Waals surface area contributed by atoms with Crippen molar-refractivity contribution < 1.29 is 19.1 Å². The zero-order chi connectivity index (χ0) is 25.6. The summed E-state index contributed by atoms with van der Waals surface area (Å²) in [6.07, 6.45) is 15.8. The van der Waals surface area contributed by atoms with Crippen LogP contribution in [0.1, 0.15) is 64.2 Å². The number of carbonyl (C=O) groups excluding carboxylic acids is 3. The molecule has 3 heterocycles. The molecule has 0 aromatic heterocycles. The van der Waals surface area contributed by atoms with Gasteiger partial charge in [-0.2, -0.15) is 0 Å². The van der Waals surface area contributed by atoms with Crippen molar-refractivity contribution in [3.8, 4) is 0 Å². The predicted molar refractivity (Wildman–Crippen MR) is 143 cm³/mol. The minimum Gasteiger partial charge on any atom is -0.359 e. The summed E-state index contributed by atoms with van der Waals surface area (Å²) >= 11 is 1.61. The maximum atomic E-state index is 14.2. The van der Waals surface area contributed by atoms with Gasteiger partial charge in [0.05, 0.1) is 17.9 Å². The smallest absolute Gasteiger partial charge is 0.246 e. The van der Waals surface area contributed by atoms with Crippen LogP contribution in [0.5, 0.6) is 0 Å². The van der Waals surface area contributed by atoms with E-state index < -0.39 is 29.6 Å². The molecule has 7 nitrogen and oxygen atoms in total. The van der Waals surface area contributed by atoms with Crippen LogP contribution in [0.2, 0.25) is 0 Å². The number of benzene rings is 1. The van der Waals surface area contributed by atoms with Crippen molar-refractivity contribution in [2.75, 3.05) is 11.6 Å². The van der Waals surface area contributed by atoms with Crippen molar-refractivity contribution in [1.82, 2.24) is 10.2 Å². The van der Waals surface area contributed by atoms with E-state index in [0.717, 1.165) is 62.7 Å². The van der Waals surface area contributed by atoms with Crippen LogP contribution in [0.4, 0.5) is 5.69 Å². The average Bonchev–Trinajstić information content (AvgIpc) is 3.57. The first-order chi connectivity index (χ1) is 18.0. The fourth-order valence-corrected chi connectivity index (χ4v) is 7.87. The molecule has 1 aromatic carbocycles. The van der Waals surface area contributed by atoms with Gasteiger partial charge in [0, 0.05) is 22.7 Å². The summed E-state index contributed by atoms with van der Waals surface area (Å²) in [6.45, 7) is 0. The molecule has 37 heavy (non-hydrogen) atoms. The highest BCUT2D eigenvalue weighted by atomic mass is 32.2. The predicted octanol–water partition coefficient (Wildman–Crippen LogP) is 4.28. The van der Waals surface area contributed by atoms with E-state index in [1.54, 1.807) is 11.8 Å². The first-order valence-electron chi connectivity index (χ1n) is 14.0. The number of fused-ring (bicyclic) bond motifs is 1. The standard InChI is InChI=1S/C29H37N3O4S/c1-37-21-14-8-11-19(17-21)31-26(33)23-22-15-16-29(36-22)24(23)28(35)32(20-12-6-3-7-13-20)25(29)27(34)30-18-9-4-2-5-10-18/h8,11,14-18,20,22-25H,2-7,9-10,12-13H2,1H3,(H,30,34)(H,31,33)/t22-,23+,24-,25-,29-/m1/s1. The molecule has 3 amide bonds. The third-order valence-corrected chi connectivity index (χ3v) is 9.85. The number of nitrogens with one attached hydrogen (secondary N) is 2. The molecule has 4 fully saturated rings. The molecule has 2 aliphatic carbocycles. The van der Waals surface area contributed by atoms with Crippen molar-refractivity contribution in [2.24, 2.45) is 11.8 Å². The molecular weight excluding hydrogens is 486 g/mol. The Morgan fingerprint density at radius 3 is 2.49 bits per heavy atom. The van der Waals surface area contributed by atoms with Gasteiger partial charge in [-0.3, -0.25) is 14.4 Å². The van der Waals surface area contributed by atoms with E-state index in [4.69, 9.17) is 4.74 Å². The molecule has 5 aliphatic rings. The maximum absolute atomic E-state index is 14.2. The Bertz CT molecular complexity index is 1100. The molecule has 2 bridgehead atoms. The number of rotatable bonds is 6. The fraction of sp³-hybridized carbons (Fsp3) is 0.621. The molecule has 6 rings (SSSR count). The van der Waals surface area contributed by atoms with Crippen LogP contribution in [0.3, 0.4) is 0 Å². The summed E-state index contributed by atoms with van der Waals surface area (Å²) in [5.74, 6) is -1.78. The van der Waals surface area contributed by atoms with Gasteiger partial charge in [-0.15, -0.1) is 11.8 Å². The highest BCUT2D eigenvalue weighted by molar-refractivity contribution is 7.98. The fourth-order valence-electron chi connectivity index (χ4n) is 7.41. The molecule has 2 saturated heterocycles. The number of hydrogen-bond acceptors (Lipinski definition) is 5. The quantitative estimate of drug-likeness (QED) is 0.429. The third-order valence-electron chi connectivity index (χ3n) is 9.12. The number of amides is 3. The molecule has 1 spiro atoms. The second-order valence-corrected chi connectivity index (χ2v) is 12.2. The summed E-state index contributed by atoms with van der Waals surface area (Å²) in [5, 5.41) is 6.33. The van der Waals surface area contributed by atoms with Crippen molar-refractivity contribution in [1.29, 1.82) is 0 Å². The number of thioether (sulfide) groups is 1. The van der Waals surface area contributed by atoms with Gasteiger partial charge < -0.3 is 20.3 Å². The van der Waals surface area contributed by atoms with Crippen molar-refractivity contribution in [2.45, 2.75) is 98.9 Å². The lowest BCUT2D eigenvalue weighted by Gasteiger charge is -2.39. The lowest BCUT2D eigenvalue weighted by atomic mass is 9.74. The highest BCUT2D eigenvalue weighted by Gasteiger charge is 2.73. The highest BCUT2D eigenvalue weighted by Crippen LogP contribution is 2.56. The second-order valence-electron chi connectivity index (χ2n) is 11.3. The number of ether oxygens (including phenoxy) is 1. The topological polar surface area (TPSA) is 87.7 Å². The van der Waals surface area contributed by atoms with Crippen LogP contribution in [0.15, 0.2) is 41.3 Å². The SMILES string of the molecule is CSc1cccc(NC(=O)[C@H]2[C@H]3C=C[C@@]4(O3)[C@H]2C(=O)N(C2CCCCC2)[C@@H]4C(=O)NC2CCCCC2)c1. The van der Waals surface area contributed by atoms with Crippen LogP contribution < -0.4 is 10.6 Å². The zero-order valence-electron chi connectivity index (χ0n) is 21.5. The van der Waals surface area contributed by atoms with Gasteiger partial charge >= 0.3 is 0 Å². The molecule has 0 unspecified atom stereocenters. The monoisotopic (exact) mass is 523 g/mol. The van der Waals surface area contributed by atoms with Gasteiger partial charge in [-0.1, -0.05) is 56.7 Å². The Morgan fingerprint density at radius 2 is 1.76 bits per heavy atom. The lowest BCUT2D eigenvalue weighted by molar-refractivity contribution is -0.144. The number of nitrogens with zero attached hydrogens (tertiary/aromatic N) is 1. The minimum atomic E-state index is -1.08. The van der Waals surface area contributed by atoms with Crippen molar-refractivity contribution in [3.05, 3.63) is 36.4 Å². The van der Waals surface area contributed by atoms with Crippen LogP contribution in [0, 0.1) is 11.8 Å². The molecule has 8 heteroatoms. The summed E-state index contributed by atoms with van der Waals surface area (Å²) in [4.78, 5) is 44.7. The second kappa shape index (κ2) is 10.1. The summed E-state index contributed by atoms with van der Waals surface area (Å²) in [6, 6.07) is 7.14. The van der Waals surface area contributed by atoms with Gasteiger partial charge in [0.15, 0.2) is 0 Å².